The highest BCUT2D eigenvalue weighted by atomic mass is 35.5. The molecule has 1 N–H and O–H groups in total. The molecule has 0 aromatic heterocycles. The van der Waals surface area contributed by atoms with Crippen LogP contribution >= 0.6 is 11.6 Å². The van der Waals surface area contributed by atoms with E-state index in [4.69, 9.17) is 11.6 Å². The number of anilines is 1. The van der Waals surface area contributed by atoms with Gasteiger partial charge in [0.25, 0.3) is 17.5 Å². The Kier molecular flexibility index (Phi) is 4.81. The van der Waals surface area contributed by atoms with E-state index in [0.717, 1.165) is 5.01 Å². The van der Waals surface area contributed by atoms with Gasteiger partial charge in [-0.3, -0.25) is 25.1 Å². The molecule has 2 aromatic rings. The summed E-state index contributed by atoms with van der Waals surface area (Å²) in [6.07, 6.45) is 4.43. The van der Waals surface area contributed by atoms with E-state index in [0.29, 0.717) is 16.3 Å². The minimum atomic E-state index is -0.543. The number of amides is 2. The first-order chi connectivity index (χ1) is 12.5. The molecule has 8 heteroatoms. The fourth-order valence-corrected chi connectivity index (χ4v) is 2.56. The topological polar surface area (TPSA) is 92.6 Å². The number of hydrogen-bond acceptors (Lipinski definition) is 4. The fourth-order valence-electron chi connectivity index (χ4n) is 2.37. The number of nitro benzene ring substituents is 1. The number of benzene rings is 2. The molecular weight excluding hydrogens is 358 g/mol. The first-order valence-electron chi connectivity index (χ1n) is 7.49. The Balaban J connectivity index is 1.81. The van der Waals surface area contributed by atoms with Gasteiger partial charge in [0.2, 0.25) is 0 Å². The molecule has 0 atom stereocenters. The molecule has 3 rings (SSSR count). The number of allylic oxidation sites excluding steroid dienone is 2. The highest BCUT2D eigenvalue weighted by Gasteiger charge is 2.33. The monoisotopic (exact) mass is 369 g/mol. The van der Waals surface area contributed by atoms with Crippen LogP contribution in [0.4, 0.5) is 11.4 Å². The van der Waals surface area contributed by atoms with Gasteiger partial charge in [0.15, 0.2) is 0 Å². The van der Waals surface area contributed by atoms with E-state index in [1.54, 1.807) is 42.5 Å². The molecule has 0 saturated carbocycles. The summed E-state index contributed by atoms with van der Waals surface area (Å²) < 4.78 is 0. The molecule has 1 fully saturated rings. The average molecular weight is 370 g/mol. The molecule has 2 amide bonds. The predicted octanol–water partition coefficient (Wildman–Crippen LogP) is 3.27. The molecule has 2 aromatic carbocycles. The van der Waals surface area contributed by atoms with Crippen molar-refractivity contribution in [1.82, 2.24) is 5.43 Å². The maximum absolute atomic E-state index is 12.4. The van der Waals surface area contributed by atoms with Crippen molar-refractivity contribution in [3.63, 3.8) is 0 Å². The zero-order valence-electron chi connectivity index (χ0n) is 13.3. The Morgan fingerprint density at radius 3 is 2.62 bits per heavy atom. The lowest BCUT2D eigenvalue weighted by atomic mass is 10.1. The maximum atomic E-state index is 12.4. The second kappa shape index (κ2) is 7.20. The van der Waals surface area contributed by atoms with Gasteiger partial charge in [-0.25, -0.2) is 5.01 Å². The normalized spacial score (nSPS) is 15.7. The predicted molar refractivity (Wildman–Crippen MR) is 97.3 cm³/mol. The second-order valence-corrected chi connectivity index (χ2v) is 5.79. The summed E-state index contributed by atoms with van der Waals surface area (Å²) in [4.78, 5) is 34.7. The minimum absolute atomic E-state index is 0.0402. The average Bonchev–Trinajstić information content (AvgIpc) is 2.90. The van der Waals surface area contributed by atoms with Crippen molar-refractivity contribution in [2.75, 3.05) is 5.01 Å². The quantitative estimate of drug-likeness (QED) is 0.387. The van der Waals surface area contributed by atoms with Gasteiger partial charge >= 0.3 is 0 Å². The number of nitrogens with zero attached hydrogens (tertiary/aromatic N) is 2. The first kappa shape index (κ1) is 17.4. The van der Waals surface area contributed by atoms with Crippen LogP contribution in [0.15, 0.2) is 66.3 Å². The molecule has 26 heavy (non-hydrogen) atoms. The van der Waals surface area contributed by atoms with Gasteiger partial charge in [0, 0.05) is 17.2 Å². The molecule has 7 nitrogen and oxygen atoms in total. The van der Waals surface area contributed by atoms with E-state index >= 15 is 0 Å². The molecule has 0 unspecified atom stereocenters. The largest absolute Gasteiger partial charge is 0.282 e. The molecular formula is C18H12ClN3O4. The number of carbonyl (C=O) groups excluding carboxylic acids is 2. The van der Waals surface area contributed by atoms with Crippen LogP contribution in [0.25, 0.3) is 6.08 Å². The van der Waals surface area contributed by atoms with Crippen LogP contribution in [0.2, 0.25) is 5.02 Å². The molecule has 0 radical (unpaired) electrons. The van der Waals surface area contributed by atoms with E-state index < -0.39 is 16.7 Å². The van der Waals surface area contributed by atoms with Crippen molar-refractivity contribution in [3.05, 3.63) is 87.0 Å². The Bertz CT molecular complexity index is 968. The number of carbonyl (C=O) groups is 2. The minimum Gasteiger partial charge on any atom is -0.267 e. The molecule has 1 aliphatic rings. The van der Waals surface area contributed by atoms with Crippen molar-refractivity contribution in [1.29, 1.82) is 0 Å². The summed E-state index contributed by atoms with van der Waals surface area (Å²) in [5.74, 6) is -1.06. The molecule has 1 saturated heterocycles. The van der Waals surface area contributed by atoms with Gasteiger partial charge in [-0.1, -0.05) is 42.0 Å². The summed E-state index contributed by atoms with van der Waals surface area (Å²) in [6.45, 7) is 0. The molecule has 1 aliphatic heterocycles. The first-order valence-corrected chi connectivity index (χ1v) is 7.87. The number of non-ortho nitro benzene ring substituents is 1. The van der Waals surface area contributed by atoms with Crippen molar-refractivity contribution in [3.8, 4) is 0 Å². The molecule has 130 valence electrons. The van der Waals surface area contributed by atoms with Crippen molar-refractivity contribution in [2.24, 2.45) is 0 Å². The standard InChI is InChI=1S/C18H12ClN3O4/c19-13-6-3-7-14(11-13)21-18(24)16(17(23)20-21)9-2-5-12-4-1-8-15(10-12)22(25)26/h1-11H,(H,20,23)/b5-2+,16-9+. The van der Waals surface area contributed by atoms with E-state index in [2.05, 4.69) is 5.43 Å². The number of halogens is 1. The molecule has 0 spiro atoms. The Morgan fingerprint density at radius 2 is 1.88 bits per heavy atom. The van der Waals surface area contributed by atoms with Gasteiger partial charge in [-0.15, -0.1) is 0 Å². The number of rotatable bonds is 4. The zero-order valence-corrected chi connectivity index (χ0v) is 14.0. The summed E-state index contributed by atoms with van der Waals surface area (Å²) in [5, 5.41) is 12.3. The summed E-state index contributed by atoms with van der Waals surface area (Å²) in [7, 11) is 0. The van der Waals surface area contributed by atoms with E-state index in [1.807, 2.05) is 0 Å². The zero-order chi connectivity index (χ0) is 18.7. The van der Waals surface area contributed by atoms with Crippen LogP contribution in [0, 0.1) is 10.1 Å². The summed E-state index contributed by atoms with van der Waals surface area (Å²) in [5.41, 5.74) is 3.40. The smallest absolute Gasteiger partial charge is 0.267 e. The van der Waals surface area contributed by atoms with Crippen LogP contribution in [0.3, 0.4) is 0 Å². The number of hydrazine groups is 1. The van der Waals surface area contributed by atoms with Crippen LogP contribution < -0.4 is 10.4 Å². The van der Waals surface area contributed by atoms with Crippen molar-refractivity contribution < 1.29 is 14.5 Å². The summed E-state index contributed by atoms with van der Waals surface area (Å²) >= 11 is 5.91. The van der Waals surface area contributed by atoms with Crippen LogP contribution in [-0.2, 0) is 9.59 Å². The van der Waals surface area contributed by atoms with Gasteiger partial charge in [-0.2, -0.15) is 0 Å². The highest BCUT2D eigenvalue weighted by molar-refractivity contribution is 6.32. The maximum Gasteiger partial charge on any atom is 0.282 e. The van der Waals surface area contributed by atoms with Gasteiger partial charge in [-0.05, 0) is 29.8 Å². The lowest BCUT2D eigenvalue weighted by Crippen LogP contribution is -2.35. The van der Waals surface area contributed by atoms with E-state index in [1.165, 1.54) is 24.3 Å². The van der Waals surface area contributed by atoms with Crippen LogP contribution in [0.5, 0.6) is 0 Å². The lowest BCUT2D eigenvalue weighted by molar-refractivity contribution is -0.384. The SMILES string of the molecule is O=C1NN(c2cccc(Cl)c2)C(=O)/C1=C/C=C/c1cccc([N+](=O)[O-])c1. The summed E-state index contributed by atoms with van der Waals surface area (Å²) in [6, 6.07) is 12.5. The Labute approximate surface area is 153 Å². The van der Waals surface area contributed by atoms with Crippen molar-refractivity contribution in [2.45, 2.75) is 0 Å². The Morgan fingerprint density at radius 1 is 1.12 bits per heavy atom. The number of nitro groups is 1. The van der Waals surface area contributed by atoms with Crippen molar-refractivity contribution >= 4 is 40.9 Å². The van der Waals surface area contributed by atoms with E-state index in [9.17, 15) is 19.7 Å². The van der Waals surface area contributed by atoms with Gasteiger partial charge < -0.3 is 0 Å². The third-order valence-electron chi connectivity index (χ3n) is 3.59. The highest BCUT2D eigenvalue weighted by Crippen LogP contribution is 2.23. The molecule has 0 bridgehead atoms. The van der Waals surface area contributed by atoms with Crippen LogP contribution in [-0.4, -0.2) is 16.7 Å². The third-order valence-corrected chi connectivity index (χ3v) is 3.83. The van der Waals surface area contributed by atoms with Gasteiger partial charge in [0.05, 0.1) is 10.6 Å². The van der Waals surface area contributed by atoms with Gasteiger partial charge in [0.1, 0.15) is 5.57 Å². The lowest BCUT2D eigenvalue weighted by Gasteiger charge is -2.14. The second-order valence-electron chi connectivity index (χ2n) is 5.35. The third kappa shape index (κ3) is 3.62. The molecule has 0 aliphatic carbocycles. The molecule has 1 heterocycles. The number of nitrogens with one attached hydrogen (secondary N) is 1. The van der Waals surface area contributed by atoms with E-state index in [-0.39, 0.29) is 11.3 Å². The fraction of sp³-hybridized carbons (Fsp3) is 0. The number of hydrogen-bond donors (Lipinski definition) is 1. The Hall–Kier alpha value is -3.45. The van der Waals surface area contributed by atoms with Crippen LogP contribution in [0.1, 0.15) is 5.56 Å².